The van der Waals surface area contributed by atoms with Crippen molar-refractivity contribution >= 4 is 38.5 Å². The highest BCUT2D eigenvalue weighted by Crippen LogP contribution is 2.26. The maximum atomic E-state index is 4.57. The lowest BCUT2D eigenvalue weighted by Crippen LogP contribution is -2.01. The van der Waals surface area contributed by atoms with E-state index in [2.05, 4.69) is 36.3 Å². The van der Waals surface area contributed by atoms with Gasteiger partial charge in [0, 0.05) is 10.2 Å². The molecule has 2 aromatic carbocycles. The van der Waals surface area contributed by atoms with Crippen molar-refractivity contribution in [1.82, 2.24) is 19.7 Å². The third-order valence-corrected chi connectivity index (χ3v) is 4.18. The quantitative estimate of drug-likeness (QED) is 0.563. The SMILES string of the molecule is Cc1nc(Nc2ccc(Br)cc2)c2cnn(-c3ccccc3)c2n1. The molecule has 0 bridgehead atoms. The Morgan fingerprint density at radius 1 is 0.958 bits per heavy atom. The summed E-state index contributed by atoms with van der Waals surface area (Å²) in [4.78, 5) is 9.11. The number of nitrogens with one attached hydrogen (secondary N) is 1. The van der Waals surface area contributed by atoms with Crippen LogP contribution in [0.25, 0.3) is 16.7 Å². The predicted octanol–water partition coefficient (Wildman–Crippen LogP) is 4.63. The van der Waals surface area contributed by atoms with E-state index in [1.54, 1.807) is 6.20 Å². The van der Waals surface area contributed by atoms with Crippen LogP contribution in [-0.2, 0) is 0 Å². The molecule has 2 aromatic heterocycles. The number of halogens is 1. The molecule has 0 fully saturated rings. The van der Waals surface area contributed by atoms with Gasteiger partial charge in [0.15, 0.2) is 5.65 Å². The zero-order valence-electron chi connectivity index (χ0n) is 12.9. The Morgan fingerprint density at radius 3 is 2.46 bits per heavy atom. The minimum absolute atomic E-state index is 0.694. The van der Waals surface area contributed by atoms with Gasteiger partial charge in [0.2, 0.25) is 0 Å². The molecule has 0 atom stereocenters. The summed E-state index contributed by atoms with van der Waals surface area (Å²) < 4.78 is 2.87. The largest absolute Gasteiger partial charge is 0.340 e. The average Bonchev–Trinajstić information content (AvgIpc) is 3.01. The Kier molecular flexibility index (Phi) is 3.74. The molecule has 0 unspecified atom stereocenters. The summed E-state index contributed by atoms with van der Waals surface area (Å²) in [5.74, 6) is 1.45. The first-order valence-electron chi connectivity index (χ1n) is 7.51. The number of aryl methyl sites for hydroxylation is 1. The molecular weight excluding hydrogens is 366 g/mol. The van der Waals surface area contributed by atoms with Crippen LogP contribution in [0.2, 0.25) is 0 Å². The second-order valence-corrected chi connectivity index (χ2v) is 6.30. The van der Waals surface area contributed by atoms with Gasteiger partial charge in [0.05, 0.1) is 17.3 Å². The molecule has 0 aliphatic heterocycles. The van der Waals surface area contributed by atoms with Crippen molar-refractivity contribution in [2.45, 2.75) is 6.92 Å². The van der Waals surface area contributed by atoms with E-state index in [1.807, 2.05) is 66.2 Å². The van der Waals surface area contributed by atoms with Crippen molar-refractivity contribution in [3.63, 3.8) is 0 Å². The summed E-state index contributed by atoms with van der Waals surface area (Å²) in [5.41, 5.74) is 2.72. The third kappa shape index (κ3) is 2.76. The van der Waals surface area contributed by atoms with E-state index in [0.29, 0.717) is 5.82 Å². The highest BCUT2D eigenvalue weighted by molar-refractivity contribution is 9.10. The maximum absolute atomic E-state index is 4.57. The van der Waals surface area contributed by atoms with Crippen molar-refractivity contribution in [2.24, 2.45) is 0 Å². The van der Waals surface area contributed by atoms with Crippen LogP contribution in [0, 0.1) is 6.92 Å². The van der Waals surface area contributed by atoms with Crippen molar-refractivity contribution in [3.05, 3.63) is 71.1 Å². The molecule has 0 aliphatic carbocycles. The third-order valence-electron chi connectivity index (χ3n) is 3.65. The number of fused-ring (bicyclic) bond motifs is 1. The normalized spacial score (nSPS) is 10.9. The molecule has 0 aliphatic rings. The molecule has 6 heteroatoms. The van der Waals surface area contributed by atoms with Crippen LogP contribution in [0.1, 0.15) is 5.82 Å². The lowest BCUT2D eigenvalue weighted by Gasteiger charge is -2.08. The molecule has 0 saturated carbocycles. The molecule has 4 rings (SSSR count). The van der Waals surface area contributed by atoms with Gasteiger partial charge in [0.25, 0.3) is 0 Å². The van der Waals surface area contributed by atoms with Gasteiger partial charge in [-0.3, -0.25) is 0 Å². The molecule has 0 spiro atoms. The van der Waals surface area contributed by atoms with Crippen molar-refractivity contribution in [1.29, 1.82) is 0 Å². The fraction of sp³-hybridized carbons (Fsp3) is 0.0556. The van der Waals surface area contributed by atoms with Gasteiger partial charge in [-0.15, -0.1) is 0 Å². The molecule has 0 radical (unpaired) electrons. The summed E-state index contributed by atoms with van der Waals surface area (Å²) in [6.07, 6.45) is 1.79. The van der Waals surface area contributed by atoms with Gasteiger partial charge in [-0.25, -0.2) is 14.6 Å². The highest BCUT2D eigenvalue weighted by atomic mass is 79.9. The molecule has 24 heavy (non-hydrogen) atoms. The van der Waals surface area contributed by atoms with Gasteiger partial charge < -0.3 is 5.32 Å². The molecule has 1 N–H and O–H groups in total. The summed E-state index contributed by atoms with van der Waals surface area (Å²) in [7, 11) is 0. The number of rotatable bonds is 3. The Hall–Kier alpha value is -2.73. The van der Waals surface area contributed by atoms with Crippen LogP contribution in [0.3, 0.4) is 0 Å². The Morgan fingerprint density at radius 2 is 1.71 bits per heavy atom. The topological polar surface area (TPSA) is 55.6 Å². The van der Waals surface area contributed by atoms with E-state index in [0.717, 1.165) is 32.7 Å². The summed E-state index contributed by atoms with van der Waals surface area (Å²) in [5, 5.41) is 8.73. The molecule has 4 aromatic rings. The minimum atomic E-state index is 0.694. The summed E-state index contributed by atoms with van der Waals surface area (Å²) in [6, 6.07) is 17.9. The number of anilines is 2. The van der Waals surface area contributed by atoms with Crippen LogP contribution >= 0.6 is 15.9 Å². The summed E-state index contributed by atoms with van der Waals surface area (Å²) >= 11 is 3.44. The van der Waals surface area contributed by atoms with Gasteiger partial charge in [0.1, 0.15) is 11.6 Å². The number of hydrogen-bond acceptors (Lipinski definition) is 4. The molecule has 0 saturated heterocycles. The average molecular weight is 380 g/mol. The Labute approximate surface area is 147 Å². The summed E-state index contributed by atoms with van der Waals surface area (Å²) in [6.45, 7) is 1.88. The fourth-order valence-electron chi connectivity index (χ4n) is 2.54. The van der Waals surface area contributed by atoms with Gasteiger partial charge in [-0.1, -0.05) is 34.1 Å². The molecule has 2 heterocycles. The predicted molar refractivity (Wildman–Crippen MR) is 98.8 cm³/mol. The van der Waals surface area contributed by atoms with Gasteiger partial charge >= 0.3 is 0 Å². The van der Waals surface area contributed by atoms with Crippen LogP contribution in [0.15, 0.2) is 65.3 Å². The van der Waals surface area contributed by atoms with E-state index >= 15 is 0 Å². The maximum Gasteiger partial charge on any atom is 0.168 e. The molecule has 0 amide bonds. The van der Waals surface area contributed by atoms with Crippen LogP contribution in [-0.4, -0.2) is 19.7 Å². The first kappa shape index (κ1) is 14.8. The lowest BCUT2D eigenvalue weighted by molar-refractivity contribution is 0.890. The van der Waals surface area contributed by atoms with Crippen molar-refractivity contribution in [2.75, 3.05) is 5.32 Å². The van der Waals surface area contributed by atoms with Crippen LogP contribution in [0.4, 0.5) is 11.5 Å². The second kappa shape index (κ2) is 6.05. The standard InChI is InChI=1S/C18H14BrN5/c1-12-21-17(23-14-9-7-13(19)8-10-14)16-11-20-24(18(16)22-12)15-5-3-2-4-6-15/h2-11H,1H3,(H,21,22,23). The number of para-hydroxylation sites is 1. The van der Waals surface area contributed by atoms with E-state index in [9.17, 15) is 0 Å². The zero-order valence-corrected chi connectivity index (χ0v) is 14.5. The van der Waals surface area contributed by atoms with E-state index < -0.39 is 0 Å². The molecule has 118 valence electrons. The Bertz CT molecular complexity index is 993. The van der Waals surface area contributed by atoms with E-state index in [-0.39, 0.29) is 0 Å². The first-order valence-corrected chi connectivity index (χ1v) is 8.30. The van der Waals surface area contributed by atoms with E-state index in [1.165, 1.54) is 0 Å². The second-order valence-electron chi connectivity index (χ2n) is 5.38. The van der Waals surface area contributed by atoms with Crippen molar-refractivity contribution < 1.29 is 0 Å². The fourth-order valence-corrected chi connectivity index (χ4v) is 2.80. The molecule has 5 nitrogen and oxygen atoms in total. The number of hydrogen-bond donors (Lipinski definition) is 1. The van der Waals surface area contributed by atoms with Crippen LogP contribution < -0.4 is 5.32 Å². The number of benzene rings is 2. The minimum Gasteiger partial charge on any atom is -0.340 e. The first-order chi connectivity index (χ1) is 11.7. The lowest BCUT2D eigenvalue weighted by atomic mass is 10.3. The van der Waals surface area contributed by atoms with Crippen molar-refractivity contribution in [3.8, 4) is 5.69 Å². The highest BCUT2D eigenvalue weighted by Gasteiger charge is 2.12. The monoisotopic (exact) mass is 379 g/mol. The van der Waals surface area contributed by atoms with Gasteiger partial charge in [-0.2, -0.15) is 5.10 Å². The molecular formula is C18H14BrN5. The Balaban J connectivity index is 1.82. The number of aromatic nitrogens is 4. The van der Waals surface area contributed by atoms with Gasteiger partial charge in [-0.05, 0) is 43.3 Å². The zero-order chi connectivity index (χ0) is 16.5. The van der Waals surface area contributed by atoms with E-state index in [4.69, 9.17) is 0 Å². The smallest absolute Gasteiger partial charge is 0.168 e. The number of nitrogens with zero attached hydrogens (tertiary/aromatic N) is 4. The van der Waals surface area contributed by atoms with Crippen LogP contribution in [0.5, 0.6) is 0 Å².